The Morgan fingerprint density at radius 3 is 2.46 bits per heavy atom. The first-order valence-electron chi connectivity index (χ1n) is 9.07. The summed E-state index contributed by atoms with van der Waals surface area (Å²) in [4.78, 5) is 4.85. The van der Waals surface area contributed by atoms with Gasteiger partial charge in [0.1, 0.15) is 16.2 Å². The van der Waals surface area contributed by atoms with Gasteiger partial charge in [-0.2, -0.15) is 0 Å². The zero-order valence-corrected chi connectivity index (χ0v) is 15.8. The van der Waals surface area contributed by atoms with Crippen molar-refractivity contribution in [2.24, 2.45) is 0 Å². The molecule has 1 aromatic heterocycles. The van der Waals surface area contributed by atoms with Gasteiger partial charge in [0.05, 0.1) is 7.11 Å². The molecule has 0 atom stereocenters. The highest BCUT2D eigenvalue weighted by Gasteiger charge is 2.19. The number of hydrogen-bond donors (Lipinski definition) is 0. The first-order valence-corrected chi connectivity index (χ1v) is 9.48. The lowest BCUT2D eigenvalue weighted by atomic mass is 9.96. The number of rotatable bonds is 4. The summed E-state index contributed by atoms with van der Waals surface area (Å²) in [5.74, 6) is 1.79. The number of methoxy groups -OCH3 is 1. The molecule has 1 heterocycles. The number of fused-ring (bicyclic) bond motifs is 1. The minimum Gasteiger partial charge on any atom is -0.497 e. The van der Waals surface area contributed by atoms with Gasteiger partial charge in [-0.3, -0.25) is 0 Å². The van der Waals surface area contributed by atoms with Gasteiger partial charge in [-0.1, -0.05) is 42.5 Å². The van der Waals surface area contributed by atoms with Gasteiger partial charge in [0.25, 0.3) is 0 Å². The van der Waals surface area contributed by atoms with E-state index in [4.69, 9.17) is 21.9 Å². The quantitative estimate of drug-likeness (QED) is 0.596. The summed E-state index contributed by atoms with van der Waals surface area (Å²) < 4.78 is 8.42. The van der Waals surface area contributed by atoms with Crippen LogP contribution < -0.4 is 4.74 Å². The van der Waals surface area contributed by atoms with Crippen molar-refractivity contribution < 1.29 is 4.74 Å². The molecule has 1 aliphatic carbocycles. The molecule has 4 rings (SSSR count). The van der Waals surface area contributed by atoms with E-state index in [1.54, 1.807) is 7.11 Å². The van der Waals surface area contributed by atoms with Crippen LogP contribution >= 0.6 is 12.2 Å². The Morgan fingerprint density at radius 2 is 1.73 bits per heavy atom. The van der Waals surface area contributed by atoms with Crippen LogP contribution in [0.15, 0.2) is 54.6 Å². The van der Waals surface area contributed by atoms with Crippen molar-refractivity contribution in [2.45, 2.75) is 32.2 Å². The molecule has 0 saturated heterocycles. The second kappa shape index (κ2) is 7.42. The third-order valence-corrected chi connectivity index (χ3v) is 5.36. The molecule has 3 aromatic rings. The molecule has 4 heteroatoms. The first kappa shape index (κ1) is 17.0. The van der Waals surface area contributed by atoms with Crippen LogP contribution in [0.1, 0.15) is 29.7 Å². The Morgan fingerprint density at radius 1 is 1.00 bits per heavy atom. The van der Waals surface area contributed by atoms with E-state index < -0.39 is 0 Å². The minimum atomic E-state index is 0.759. The van der Waals surface area contributed by atoms with Crippen LogP contribution in [0, 0.1) is 4.64 Å². The SMILES string of the molecule is COc1ccc(-c2nc(=S)c3c(n2Cc2ccccc2)CCCC3)cc1. The van der Waals surface area contributed by atoms with Gasteiger partial charge >= 0.3 is 0 Å². The fraction of sp³-hybridized carbons (Fsp3) is 0.273. The van der Waals surface area contributed by atoms with Crippen molar-refractivity contribution in [3.63, 3.8) is 0 Å². The zero-order chi connectivity index (χ0) is 17.9. The molecule has 0 unspecified atom stereocenters. The lowest BCUT2D eigenvalue weighted by molar-refractivity contribution is 0.415. The van der Waals surface area contributed by atoms with E-state index >= 15 is 0 Å². The fourth-order valence-electron chi connectivity index (χ4n) is 3.67. The first-order chi connectivity index (χ1) is 12.8. The van der Waals surface area contributed by atoms with Gasteiger partial charge in [-0.15, -0.1) is 0 Å². The second-order valence-electron chi connectivity index (χ2n) is 6.67. The molecule has 3 nitrogen and oxygen atoms in total. The molecular weight excluding hydrogens is 340 g/mol. The van der Waals surface area contributed by atoms with Gasteiger partial charge in [0.2, 0.25) is 0 Å². The fourth-order valence-corrected chi connectivity index (χ4v) is 3.97. The molecule has 0 radical (unpaired) electrons. The van der Waals surface area contributed by atoms with E-state index in [0.717, 1.165) is 41.2 Å². The highest BCUT2D eigenvalue weighted by Crippen LogP contribution is 2.29. The molecule has 0 fully saturated rings. The molecule has 0 spiro atoms. The largest absolute Gasteiger partial charge is 0.497 e. The van der Waals surface area contributed by atoms with E-state index in [9.17, 15) is 0 Å². The minimum absolute atomic E-state index is 0.759. The summed E-state index contributed by atoms with van der Waals surface area (Å²) in [6.45, 7) is 0.813. The number of aromatic nitrogens is 2. The van der Waals surface area contributed by atoms with Crippen molar-refractivity contribution in [2.75, 3.05) is 7.11 Å². The third-order valence-electron chi connectivity index (χ3n) is 5.02. The molecule has 26 heavy (non-hydrogen) atoms. The highest BCUT2D eigenvalue weighted by atomic mass is 32.1. The molecule has 2 aromatic carbocycles. The van der Waals surface area contributed by atoms with Gasteiger partial charge in [0.15, 0.2) is 0 Å². The van der Waals surface area contributed by atoms with Crippen LogP contribution in [0.25, 0.3) is 11.4 Å². The van der Waals surface area contributed by atoms with Crippen LogP contribution in [0.3, 0.4) is 0 Å². The third kappa shape index (κ3) is 3.29. The molecule has 132 valence electrons. The number of benzene rings is 2. The summed E-state index contributed by atoms with van der Waals surface area (Å²) in [6.07, 6.45) is 4.52. The molecule has 0 amide bonds. The summed E-state index contributed by atoms with van der Waals surface area (Å²) in [6, 6.07) is 18.6. The van der Waals surface area contributed by atoms with Gasteiger partial charge in [0, 0.05) is 23.4 Å². The van der Waals surface area contributed by atoms with E-state index in [2.05, 4.69) is 47.0 Å². The van der Waals surface area contributed by atoms with Crippen molar-refractivity contribution in [1.82, 2.24) is 9.55 Å². The predicted octanol–water partition coefficient (Wildman–Crippen LogP) is 5.22. The van der Waals surface area contributed by atoms with Crippen LogP contribution in [0.2, 0.25) is 0 Å². The lowest BCUT2D eigenvalue weighted by Gasteiger charge is -2.24. The summed E-state index contributed by atoms with van der Waals surface area (Å²) >= 11 is 5.65. The Kier molecular flexibility index (Phi) is 4.85. The van der Waals surface area contributed by atoms with Crippen LogP contribution in [-0.4, -0.2) is 16.7 Å². The molecule has 1 aliphatic rings. The van der Waals surface area contributed by atoms with Gasteiger partial charge in [-0.25, -0.2) is 4.98 Å². The van der Waals surface area contributed by atoms with Crippen LogP contribution in [0.4, 0.5) is 0 Å². The Labute approximate surface area is 159 Å². The van der Waals surface area contributed by atoms with E-state index in [0.29, 0.717) is 0 Å². The van der Waals surface area contributed by atoms with Crippen LogP contribution in [-0.2, 0) is 19.4 Å². The van der Waals surface area contributed by atoms with E-state index in [1.165, 1.54) is 29.7 Å². The second-order valence-corrected chi connectivity index (χ2v) is 7.06. The van der Waals surface area contributed by atoms with Gasteiger partial charge < -0.3 is 9.30 Å². The summed E-state index contributed by atoms with van der Waals surface area (Å²) in [5, 5.41) is 0. The molecule has 0 N–H and O–H groups in total. The molecule has 0 saturated carbocycles. The van der Waals surface area contributed by atoms with E-state index in [1.807, 2.05) is 12.1 Å². The van der Waals surface area contributed by atoms with Crippen molar-refractivity contribution in [3.05, 3.63) is 76.1 Å². The number of hydrogen-bond acceptors (Lipinski definition) is 3. The number of nitrogens with zero attached hydrogens (tertiary/aromatic N) is 2. The van der Waals surface area contributed by atoms with Crippen molar-refractivity contribution >= 4 is 12.2 Å². The zero-order valence-electron chi connectivity index (χ0n) is 14.9. The van der Waals surface area contributed by atoms with Gasteiger partial charge in [-0.05, 0) is 55.5 Å². The smallest absolute Gasteiger partial charge is 0.142 e. The standard InChI is InChI=1S/C22H22N2OS/c1-25-18-13-11-17(12-14-18)21-23-22(26)19-9-5-6-10-20(19)24(21)15-16-7-3-2-4-8-16/h2-4,7-8,11-14H,5-6,9-10,15H2,1H3. The van der Waals surface area contributed by atoms with Crippen LogP contribution in [0.5, 0.6) is 5.75 Å². The molecule has 0 aliphatic heterocycles. The summed E-state index contributed by atoms with van der Waals surface area (Å²) in [7, 11) is 1.68. The van der Waals surface area contributed by atoms with Crippen molar-refractivity contribution in [3.8, 4) is 17.1 Å². The average Bonchev–Trinajstić information content (AvgIpc) is 2.71. The monoisotopic (exact) mass is 362 g/mol. The normalized spacial score (nSPS) is 13.3. The Balaban J connectivity index is 1.88. The topological polar surface area (TPSA) is 27.1 Å². The average molecular weight is 362 g/mol. The maximum Gasteiger partial charge on any atom is 0.142 e. The summed E-state index contributed by atoms with van der Waals surface area (Å²) in [5.41, 5.74) is 4.96. The number of ether oxygens (including phenoxy) is 1. The maximum atomic E-state index is 5.65. The van der Waals surface area contributed by atoms with E-state index in [-0.39, 0.29) is 0 Å². The Hall–Kier alpha value is -2.46. The predicted molar refractivity (Wildman–Crippen MR) is 107 cm³/mol. The Bertz CT molecular complexity index is 962. The van der Waals surface area contributed by atoms with Crippen molar-refractivity contribution in [1.29, 1.82) is 0 Å². The maximum absolute atomic E-state index is 5.65. The highest BCUT2D eigenvalue weighted by molar-refractivity contribution is 7.71. The lowest BCUT2D eigenvalue weighted by Crippen LogP contribution is -2.18. The molecule has 0 bridgehead atoms. The molecular formula is C22H22N2OS.